The van der Waals surface area contributed by atoms with Crippen molar-refractivity contribution in [3.8, 4) is 0 Å². The molecule has 2 unspecified atom stereocenters. The van der Waals surface area contributed by atoms with E-state index in [1.165, 1.54) is 29.8 Å². The van der Waals surface area contributed by atoms with Crippen LogP contribution < -0.4 is 0 Å². The lowest BCUT2D eigenvalue weighted by Crippen LogP contribution is -2.33. The van der Waals surface area contributed by atoms with Crippen LogP contribution in [0.3, 0.4) is 0 Å². The molecule has 1 heterocycles. The average Bonchev–Trinajstić information content (AvgIpc) is 2.76. The van der Waals surface area contributed by atoms with Crippen molar-refractivity contribution in [3.63, 3.8) is 0 Å². The standard InChI is InChI=1S/C26H37F2NO4/c1-2-18(16-25(27)28)24(30)15-20(26(31)32)11-12-33-22-13-17(14-22)7-9-21-10-8-19-5-3-4-6-23(19)29-21/h8,10,17-18,20,22,25H,2-7,9,11-16H2,1H3,(H,31,32). The number of rotatable bonds is 14. The number of ether oxygens (including phenoxy) is 1. The van der Waals surface area contributed by atoms with Crippen molar-refractivity contribution in [1.29, 1.82) is 0 Å². The van der Waals surface area contributed by atoms with Crippen LogP contribution in [-0.4, -0.2) is 41.0 Å². The van der Waals surface area contributed by atoms with Crippen molar-refractivity contribution in [2.45, 2.75) is 96.5 Å². The number of aryl methyl sites for hydroxylation is 3. The number of aliphatic carboxylic acids is 1. The quantitative estimate of drug-likeness (QED) is 0.397. The Morgan fingerprint density at radius 3 is 2.64 bits per heavy atom. The predicted molar refractivity (Wildman–Crippen MR) is 121 cm³/mol. The molecule has 184 valence electrons. The third-order valence-corrected chi connectivity index (χ3v) is 7.26. The molecule has 0 bridgehead atoms. The zero-order chi connectivity index (χ0) is 23.8. The third-order valence-electron chi connectivity index (χ3n) is 7.26. The molecular formula is C26H37F2NO4. The van der Waals surface area contributed by atoms with E-state index < -0.39 is 30.7 Å². The molecule has 1 saturated carbocycles. The lowest BCUT2D eigenvalue weighted by atomic mass is 9.79. The predicted octanol–water partition coefficient (Wildman–Crippen LogP) is 5.42. The highest BCUT2D eigenvalue weighted by atomic mass is 19.3. The molecule has 0 aliphatic heterocycles. The number of carbonyl (C=O) groups excluding carboxylic acids is 1. The molecule has 0 spiro atoms. The van der Waals surface area contributed by atoms with Crippen LogP contribution in [0.1, 0.15) is 81.7 Å². The number of alkyl halides is 2. The van der Waals surface area contributed by atoms with Crippen molar-refractivity contribution in [1.82, 2.24) is 4.98 Å². The van der Waals surface area contributed by atoms with Crippen molar-refractivity contribution in [3.05, 3.63) is 29.1 Å². The summed E-state index contributed by atoms with van der Waals surface area (Å²) in [6, 6.07) is 4.40. The highest BCUT2D eigenvalue weighted by Crippen LogP contribution is 2.34. The van der Waals surface area contributed by atoms with E-state index in [1.54, 1.807) is 6.92 Å². The Morgan fingerprint density at radius 1 is 1.18 bits per heavy atom. The summed E-state index contributed by atoms with van der Waals surface area (Å²) in [5, 5.41) is 9.43. The molecule has 0 amide bonds. The van der Waals surface area contributed by atoms with E-state index in [1.807, 2.05) is 0 Å². The fourth-order valence-corrected chi connectivity index (χ4v) is 5.01. The number of halogens is 2. The van der Waals surface area contributed by atoms with Gasteiger partial charge in [-0.1, -0.05) is 13.0 Å². The minimum absolute atomic E-state index is 0.138. The van der Waals surface area contributed by atoms with Crippen LogP contribution in [0.5, 0.6) is 0 Å². The van der Waals surface area contributed by atoms with Crippen LogP contribution in [0.25, 0.3) is 0 Å². The molecule has 2 atom stereocenters. The van der Waals surface area contributed by atoms with Gasteiger partial charge in [-0.05, 0) is 81.8 Å². The molecule has 0 saturated heterocycles. The van der Waals surface area contributed by atoms with Crippen molar-refractivity contribution in [2.75, 3.05) is 6.61 Å². The second kappa shape index (κ2) is 12.5. The van der Waals surface area contributed by atoms with Gasteiger partial charge in [0, 0.05) is 36.8 Å². The second-order valence-electron chi connectivity index (χ2n) is 9.71. The summed E-state index contributed by atoms with van der Waals surface area (Å²) in [5.41, 5.74) is 3.86. The molecule has 0 radical (unpaired) electrons. The maximum Gasteiger partial charge on any atom is 0.307 e. The van der Waals surface area contributed by atoms with Crippen LogP contribution in [0.2, 0.25) is 0 Å². The Labute approximate surface area is 195 Å². The zero-order valence-electron chi connectivity index (χ0n) is 19.6. The topological polar surface area (TPSA) is 76.5 Å². The number of carboxylic acid groups (broad SMARTS) is 1. The molecule has 1 aromatic heterocycles. The first-order valence-corrected chi connectivity index (χ1v) is 12.5. The summed E-state index contributed by atoms with van der Waals surface area (Å²) in [6.07, 6.45) is 6.14. The van der Waals surface area contributed by atoms with Gasteiger partial charge in [-0.15, -0.1) is 0 Å². The molecule has 2 aliphatic carbocycles. The number of Topliss-reactive ketones (excluding diaryl/α,β-unsaturated/α-hetero) is 1. The van der Waals surface area contributed by atoms with Gasteiger partial charge in [-0.25, -0.2) is 8.78 Å². The molecule has 7 heteroatoms. The number of pyridine rings is 1. The number of carboxylic acids is 1. The Bertz CT molecular complexity index is 794. The highest BCUT2D eigenvalue weighted by molar-refractivity contribution is 5.85. The maximum absolute atomic E-state index is 12.6. The number of hydrogen-bond donors (Lipinski definition) is 1. The van der Waals surface area contributed by atoms with Gasteiger partial charge in [0.05, 0.1) is 12.0 Å². The molecule has 5 nitrogen and oxygen atoms in total. The normalized spacial score (nSPS) is 21.8. The number of carbonyl (C=O) groups is 2. The second-order valence-corrected chi connectivity index (χ2v) is 9.71. The smallest absolute Gasteiger partial charge is 0.307 e. The Morgan fingerprint density at radius 2 is 1.94 bits per heavy atom. The highest BCUT2D eigenvalue weighted by Gasteiger charge is 2.31. The van der Waals surface area contributed by atoms with Gasteiger partial charge in [0.15, 0.2) is 0 Å². The number of hydrogen-bond acceptors (Lipinski definition) is 4. The first kappa shape index (κ1) is 25.7. The Kier molecular flexibility index (Phi) is 9.78. The molecule has 33 heavy (non-hydrogen) atoms. The first-order chi connectivity index (χ1) is 15.9. The van der Waals surface area contributed by atoms with Gasteiger partial charge in [0.1, 0.15) is 5.78 Å². The van der Waals surface area contributed by atoms with E-state index >= 15 is 0 Å². The maximum atomic E-state index is 12.6. The monoisotopic (exact) mass is 465 g/mol. The summed E-state index contributed by atoms with van der Waals surface area (Å²) in [6.45, 7) is 1.96. The fraction of sp³-hybridized carbons (Fsp3) is 0.731. The lowest BCUT2D eigenvalue weighted by Gasteiger charge is -2.35. The van der Waals surface area contributed by atoms with Gasteiger partial charge < -0.3 is 9.84 Å². The van der Waals surface area contributed by atoms with Crippen molar-refractivity contribution < 1.29 is 28.2 Å². The fourth-order valence-electron chi connectivity index (χ4n) is 5.01. The Hall–Kier alpha value is -1.89. The summed E-state index contributed by atoms with van der Waals surface area (Å²) in [5.74, 6) is -2.50. The Balaban J connectivity index is 1.33. The number of ketones is 1. The van der Waals surface area contributed by atoms with Crippen LogP contribution in [0.4, 0.5) is 8.78 Å². The van der Waals surface area contributed by atoms with E-state index in [0.717, 1.165) is 38.5 Å². The van der Waals surface area contributed by atoms with Crippen LogP contribution in [0, 0.1) is 17.8 Å². The number of fused-ring (bicyclic) bond motifs is 1. The van der Waals surface area contributed by atoms with E-state index in [-0.39, 0.29) is 31.3 Å². The minimum atomic E-state index is -2.56. The van der Waals surface area contributed by atoms with Crippen molar-refractivity contribution in [2.24, 2.45) is 17.8 Å². The molecule has 2 aliphatic rings. The summed E-state index contributed by atoms with van der Waals surface area (Å²) in [7, 11) is 0. The minimum Gasteiger partial charge on any atom is -0.481 e. The summed E-state index contributed by atoms with van der Waals surface area (Å²) < 4.78 is 31.1. The van der Waals surface area contributed by atoms with Gasteiger partial charge in [0.25, 0.3) is 0 Å². The van der Waals surface area contributed by atoms with Crippen LogP contribution in [0.15, 0.2) is 12.1 Å². The summed E-state index contributed by atoms with van der Waals surface area (Å²) in [4.78, 5) is 28.6. The molecule has 3 rings (SSSR count). The van der Waals surface area contributed by atoms with Gasteiger partial charge in [-0.2, -0.15) is 0 Å². The van der Waals surface area contributed by atoms with E-state index in [4.69, 9.17) is 9.72 Å². The zero-order valence-corrected chi connectivity index (χ0v) is 19.6. The van der Waals surface area contributed by atoms with Crippen LogP contribution in [-0.2, 0) is 33.6 Å². The van der Waals surface area contributed by atoms with E-state index in [2.05, 4.69) is 12.1 Å². The van der Waals surface area contributed by atoms with Gasteiger partial charge in [-0.3, -0.25) is 14.6 Å². The lowest BCUT2D eigenvalue weighted by molar-refractivity contribution is -0.145. The number of nitrogens with zero attached hydrogens (tertiary/aromatic N) is 1. The first-order valence-electron chi connectivity index (χ1n) is 12.5. The van der Waals surface area contributed by atoms with Gasteiger partial charge >= 0.3 is 5.97 Å². The summed E-state index contributed by atoms with van der Waals surface area (Å²) >= 11 is 0. The van der Waals surface area contributed by atoms with Gasteiger partial charge in [0.2, 0.25) is 6.43 Å². The average molecular weight is 466 g/mol. The molecule has 0 aromatic carbocycles. The molecule has 1 fully saturated rings. The largest absolute Gasteiger partial charge is 0.481 e. The van der Waals surface area contributed by atoms with E-state index in [9.17, 15) is 23.5 Å². The molecule has 1 aromatic rings. The molecular weight excluding hydrogens is 428 g/mol. The number of aromatic nitrogens is 1. The van der Waals surface area contributed by atoms with Crippen molar-refractivity contribution >= 4 is 11.8 Å². The van der Waals surface area contributed by atoms with E-state index in [0.29, 0.717) is 12.3 Å². The molecule has 1 N–H and O–H groups in total. The third kappa shape index (κ3) is 7.83. The SMILES string of the molecule is CCC(CC(F)F)C(=O)CC(CCOC1CC(CCc2ccc3c(n2)CCCC3)C1)C(=O)O. The van der Waals surface area contributed by atoms with Crippen LogP contribution >= 0.6 is 0 Å².